The second-order valence-corrected chi connectivity index (χ2v) is 10.3. The van der Waals surface area contributed by atoms with Crippen LogP contribution in [0.2, 0.25) is 0 Å². The average molecular weight is 463 g/mol. The number of rotatable bonds is 10. The highest BCUT2D eigenvalue weighted by molar-refractivity contribution is 5.61. The Kier molecular flexibility index (Phi) is 13.5. The normalized spacial score (nSPS) is 21.2. The SMILES string of the molecule is CCCC1CCC(CCc2ccc(OC(=O)O)cc2F)CC1.CCCCCC1CCCCC1. The van der Waals surface area contributed by atoms with Crippen LogP contribution in [0.25, 0.3) is 0 Å². The maximum Gasteiger partial charge on any atom is 0.511 e. The summed E-state index contributed by atoms with van der Waals surface area (Å²) < 4.78 is 18.4. The summed E-state index contributed by atoms with van der Waals surface area (Å²) in [7, 11) is 0. The van der Waals surface area contributed by atoms with Gasteiger partial charge in [-0.25, -0.2) is 9.18 Å². The van der Waals surface area contributed by atoms with Gasteiger partial charge >= 0.3 is 6.16 Å². The minimum atomic E-state index is -1.42. The predicted octanol–water partition coefficient (Wildman–Crippen LogP) is 9.57. The molecule has 1 aromatic rings. The van der Waals surface area contributed by atoms with Crippen LogP contribution in [0.15, 0.2) is 18.2 Å². The van der Waals surface area contributed by atoms with E-state index in [9.17, 15) is 9.18 Å². The van der Waals surface area contributed by atoms with Gasteiger partial charge in [0.05, 0.1) is 0 Å². The number of unbranched alkanes of at least 4 members (excludes halogenated alkanes) is 2. The molecule has 0 bridgehead atoms. The van der Waals surface area contributed by atoms with E-state index in [0.29, 0.717) is 17.9 Å². The van der Waals surface area contributed by atoms with E-state index in [1.807, 2.05) is 0 Å². The molecule has 188 valence electrons. The van der Waals surface area contributed by atoms with Crippen molar-refractivity contribution in [1.82, 2.24) is 0 Å². The number of carbonyl (C=O) groups is 1. The molecule has 1 N–H and O–H groups in total. The molecule has 0 aliphatic heterocycles. The van der Waals surface area contributed by atoms with Crippen LogP contribution in [0.1, 0.15) is 122 Å². The van der Waals surface area contributed by atoms with Crippen LogP contribution in [0.3, 0.4) is 0 Å². The molecule has 2 aliphatic rings. The van der Waals surface area contributed by atoms with Crippen LogP contribution in [-0.4, -0.2) is 11.3 Å². The van der Waals surface area contributed by atoms with Gasteiger partial charge in [-0.3, -0.25) is 0 Å². The van der Waals surface area contributed by atoms with Gasteiger partial charge in [-0.05, 0) is 42.2 Å². The van der Waals surface area contributed by atoms with Gasteiger partial charge in [0.15, 0.2) is 0 Å². The first-order valence-corrected chi connectivity index (χ1v) is 13.7. The Morgan fingerprint density at radius 3 is 2.09 bits per heavy atom. The third-order valence-corrected chi connectivity index (χ3v) is 7.66. The largest absolute Gasteiger partial charge is 0.511 e. The number of hydrogen-bond acceptors (Lipinski definition) is 2. The van der Waals surface area contributed by atoms with Gasteiger partial charge in [0, 0.05) is 6.07 Å². The molecule has 3 rings (SSSR count). The van der Waals surface area contributed by atoms with E-state index in [-0.39, 0.29) is 11.6 Å². The Morgan fingerprint density at radius 2 is 1.52 bits per heavy atom. The number of hydrogen-bond donors (Lipinski definition) is 1. The fourth-order valence-corrected chi connectivity index (χ4v) is 5.63. The van der Waals surface area contributed by atoms with Gasteiger partial charge in [0.1, 0.15) is 11.6 Å². The summed E-state index contributed by atoms with van der Waals surface area (Å²) in [6, 6.07) is 4.31. The van der Waals surface area contributed by atoms with E-state index in [1.165, 1.54) is 102 Å². The van der Waals surface area contributed by atoms with Gasteiger partial charge in [-0.2, -0.15) is 0 Å². The molecule has 0 heterocycles. The lowest BCUT2D eigenvalue weighted by Gasteiger charge is -2.28. The van der Waals surface area contributed by atoms with E-state index >= 15 is 0 Å². The van der Waals surface area contributed by atoms with Crippen LogP contribution in [0, 0.1) is 23.6 Å². The van der Waals surface area contributed by atoms with Crippen LogP contribution in [0.5, 0.6) is 5.75 Å². The molecule has 0 radical (unpaired) electrons. The van der Waals surface area contributed by atoms with Crippen molar-refractivity contribution in [2.24, 2.45) is 17.8 Å². The van der Waals surface area contributed by atoms with Crippen molar-refractivity contribution in [3.8, 4) is 5.75 Å². The zero-order valence-corrected chi connectivity index (χ0v) is 21.1. The molecule has 2 aliphatic carbocycles. The maximum atomic E-state index is 13.9. The monoisotopic (exact) mass is 462 g/mol. The van der Waals surface area contributed by atoms with Crippen molar-refractivity contribution in [1.29, 1.82) is 0 Å². The van der Waals surface area contributed by atoms with E-state index < -0.39 is 6.16 Å². The molecule has 0 amide bonds. The van der Waals surface area contributed by atoms with Gasteiger partial charge in [-0.1, -0.05) is 116 Å². The molecule has 0 saturated heterocycles. The topological polar surface area (TPSA) is 46.5 Å². The highest BCUT2D eigenvalue weighted by Gasteiger charge is 2.20. The first-order chi connectivity index (χ1) is 16.0. The summed E-state index contributed by atoms with van der Waals surface area (Å²) in [5, 5.41) is 8.52. The molecular formula is C29H47FO3. The Morgan fingerprint density at radius 1 is 0.879 bits per heavy atom. The summed E-state index contributed by atoms with van der Waals surface area (Å²) in [5.74, 6) is 2.36. The lowest BCUT2D eigenvalue weighted by atomic mass is 9.78. The van der Waals surface area contributed by atoms with Crippen molar-refractivity contribution in [3.05, 3.63) is 29.6 Å². The van der Waals surface area contributed by atoms with Crippen LogP contribution < -0.4 is 4.74 Å². The molecule has 1 aromatic carbocycles. The van der Waals surface area contributed by atoms with E-state index in [2.05, 4.69) is 18.6 Å². The summed E-state index contributed by atoms with van der Waals surface area (Å²) >= 11 is 0. The van der Waals surface area contributed by atoms with E-state index in [0.717, 1.165) is 24.3 Å². The standard InChI is InChI=1S/C18H25FO3.C11H22/c1-2-3-13-4-6-14(7-5-13)8-9-15-10-11-16(12-17(15)19)22-18(20)21;1-2-3-5-8-11-9-6-4-7-10-11/h10-14H,2-9H2,1H3,(H,20,21);11H,2-10H2,1H3. The quantitative estimate of drug-likeness (QED) is 0.214. The van der Waals surface area contributed by atoms with Crippen molar-refractivity contribution >= 4 is 6.16 Å². The predicted molar refractivity (Wildman–Crippen MR) is 134 cm³/mol. The summed E-state index contributed by atoms with van der Waals surface area (Å²) in [6.45, 7) is 4.54. The first-order valence-electron chi connectivity index (χ1n) is 13.7. The molecule has 0 atom stereocenters. The van der Waals surface area contributed by atoms with Gasteiger partial charge in [0.25, 0.3) is 0 Å². The Bertz CT molecular complexity index is 661. The summed E-state index contributed by atoms with van der Waals surface area (Å²) in [6.07, 6.45) is 21.5. The average Bonchev–Trinajstić information content (AvgIpc) is 2.81. The number of benzene rings is 1. The molecule has 2 fully saturated rings. The number of ether oxygens (including phenoxy) is 1. The molecular weight excluding hydrogens is 415 g/mol. The highest BCUT2D eigenvalue weighted by Crippen LogP contribution is 2.34. The number of carboxylic acid groups (broad SMARTS) is 1. The minimum Gasteiger partial charge on any atom is -0.449 e. The van der Waals surface area contributed by atoms with Crippen LogP contribution in [-0.2, 0) is 6.42 Å². The Balaban J connectivity index is 0.000000294. The van der Waals surface area contributed by atoms with Gasteiger partial charge in [0.2, 0.25) is 0 Å². The molecule has 4 heteroatoms. The fraction of sp³-hybridized carbons (Fsp3) is 0.759. The third-order valence-electron chi connectivity index (χ3n) is 7.66. The summed E-state index contributed by atoms with van der Waals surface area (Å²) in [4.78, 5) is 10.4. The first kappa shape index (κ1) is 27.7. The Labute approximate surface area is 201 Å². The van der Waals surface area contributed by atoms with Crippen LogP contribution in [0.4, 0.5) is 9.18 Å². The van der Waals surface area contributed by atoms with E-state index in [4.69, 9.17) is 5.11 Å². The van der Waals surface area contributed by atoms with Crippen LogP contribution >= 0.6 is 0 Å². The third kappa shape index (κ3) is 11.4. The number of aryl methyl sites for hydroxylation is 1. The van der Waals surface area contributed by atoms with Crippen molar-refractivity contribution in [2.75, 3.05) is 0 Å². The molecule has 0 aromatic heterocycles. The van der Waals surface area contributed by atoms with Crippen molar-refractivity contribution in [2.45, 2.75) is 123 Å². The molecule has 2 saturated carbocycles. The highest BCUT2D eigenvalue weighted by atomic mass is 19.1. The minimum absolute atomic E-state index is 0.0359. The molecule has 33 heavy (non-hydrogen) atoms. The zero-order valence-electron chi connectivity index (χ0n) is 21.1. The molecule has 0 unspecified atom stereocenters. The van der Waals surface area contributed by atoms with E-state index in [1.54, 1.807) is 6.07 Å². The lowest BCUT2D eigenvalue weighted by Crippen LogP contribution is -2.15. The molecule has 0 spiro atoms. The second kappa shape index (κ2) is 16.1. The van der Waals surface area contributed by atoms with Crippen molar-refractivity contribution in [3.63, 3.8) is 0 Å². The van der Waals surface area contributed by atoms with Crippen molar-refractivity contribution < 1.29 is 19.0 Å². The van der Waals surface area contributed by atoms with Gasteiger partial charge in [-0.15, -0.1) is 0 Å². The zero-order chi connectivity index (χ0) is 23.9. The maximum absolute atomic E-state index is 13.9. The smallest absolute Gasteiger partial charge is 0.449 e. The second-order valence-electron chi connectivity index (χ2n) is 10.3. The fourth-order valence-electron chi connectivity index (χ4n) is 5.63. The molecule has 3 nitrogen and oxygen atoms in total. The Hall–Kier alpha value is -1.58. The number of halogens is 1. The van der Waals surface area contributed by atoms with Gasteiger partial charge < -0.3 is 9.84 Å². The lowest BCUT2D eigenvalue weighted by molar-refractivity contribution is 0.144. The summed E-state index contributed by atoms with van der Waals surface area (Å²) in [5.41, 5.74) is 0.647.